The van der Waals surface area contributed by atoms with Crippen LogP contribution in [0.15, 0.2) is 12.4 Å². The van der Waals surface area contributed by atoms with Crippen molar-refractivity contribution in [2.45, 2.75) is 32.7 Å². The van der Waals surface area contributed by atoms with E-state index < -0.39 is 0 Å². The van der Waals surface area contributed by atoms with Gasteiger partial charge in [0.05, 0.1) is 6.04 Å². The Balaban J connectivity index is 2.07. The normalized spacial score (nSPS) is 22.5. The first-order valence-electron chi connectivity index (χ1n) is 6.01. The minimum Gasteiger partial charge on any atom is -0.309 e. The largest absolute Gasteiger partial charge is 0.309 e. The molecule has 2 N–H and O–H groups in total. The fraction of sp³-hybridized carbons (Fsp3) is 0.583. The Labute approximate surface area is 111 Å². The highest BCUT2D eigenvalue weighted by molar-refractivity contribution is 6.29. The van der Waals surface area contributed by atoms with Gasteiger partial charge in [0.25, 0.3) is 0 Å². The molecule has 1 aromatic rings. The third-order valence-corrected chi connectivity index (χ3v) is 3.48. The number of rotatable bonds is 2. The van der Waals surface area contributed by atoms with E-state index in [1.807, 2.05) is 0 Å². The number of nitrogens with zero attached hydrogens (tertiary/aromatic N) is 2. The molecule has 6 heteroatoms. The van der Waals surface area contributed by atoms with Crippen molar-refractivity contribution in [1.82, 2.24) is 15.3 Å². The van der Waals surface area contributed by atoms with E-state index in [2.05, 4.69) is 34.4 Å². The predicted octanol–water partition coefficient (Wildman–Crippen LogP) is 1.85. The lowest BCUT2D eigenvalue weighted by Gasteiger charge is -2.38. The molecule has 1 aliphatic rings. The molecule has 0 spiro atoms. The molecule has 1 amide bonds. The maximum atomic E-state index is 12.2. The van der Waals surface area contributed by atoms with Crippen LogP contribution in [0, 0.1) is 5.41 Å². The molecule has 0 aliphatic carbocycles. The second kappa shape index (κ2) is 5.20. The molecule has 2 heterocycles. The van der Waals surface area contributed by atoms with Gasteiger partial charge < -0.3 is 10.6 Å². The maximum Gasteiger partial charge on any atom is 0.243 e. The van der Waals surface area contributed by atoms with Crippen LogP contribution in [-0.2, 0) is 4.79 Å². The highest BCUT2D eigenvalue weighted by atomic mass is 35.5. The highest BCUT2D eigenvalue weighted by Crippen LogP contribution is 2.30. The summed E-state index contributed by atoms with van der Waals surface area (Å²) in [6.45, 7) is 5.05. The number of amides is 1. The molecule has 0 saturated carbocycles. The van der Waals surface area contributed by atoms with Crippen molar-refractivity contribution in [2.24, 2.45) is 5.41 Å². The first kappa shape index (κ1) is 13.2. The van der Waals surface area contributed by atoms with Crippen LogP contribution >= 0.6 is 11.6 Å². The molecule has 0 radical (unpaired) electrons. The summed E-state index contributed by atoms with van der Waals surface area (Å²) in [4.78, 5) is 20.0. The highest BCUT2D eigenvalue weighted by Gasteiger charge is 2.37. The lowest BCUT2D eigenvalue weighted by Crippen LogP contribution is -2.53. The van der Waals surface area contributed by atoms with E-state index >= 15 is 0 Å². The molecule has 98 valence electrons. The summed E-state index contributed by atoms with van der Waals surface area (Å²) in [6.07, 6.45) is 3.45. The van der Waals surface area contributed by atoms with E-state index in [0.29, 0.717) is 11.0 Å². The lowest BCUT2D eigenvalue weighted by atomic mass is 9.77. The molecule has 1 aliphatic heterocycles. The van der Waals surface area contributed by atoms with Crippen molar-refractivity contribution in [3.05, 3.63) is 17.5 Å². The monoisotopic (exact) mass is 268 g/mol. The van der Waals surface area contributed by atoms with Gasteiger partial charge in [-0.3, -0.25) is 4.79 Å². The molecular formula is C12H17ClN4O. The Hall–Kier alpha value is -1.20. The molecule has 0 bridgehead atoms. The SMILES string of the molecule is CC1(C)CCCNC1C(=O)Nc1cc(Cl)ncn1. The molecule has 0 aromatic carbocycles. The van der Waals surface area contributed by atoms with E-state index in [0.717, 1.165) is 19.4 Å². The summed E-state index contributed by atoms with van der Waals surface area (Å²) in [6, 6.07) is 1.33. The lowest BCUT2D eigenvalue weighted by molar-refractivity contribution is -0.121. The van der Waals surface area contributed by atoms with Gasteiger partial charge in [-0.05, 0) is 24.8 Å². The molecule has 18 heavy (non-hydrogen) atoms. The molecule has 1 saturated heterocycles. The number of hydrogen-bond acceptors (Lipinski definition) is 4. The fourth-order valence-corrected chi connectivity index (χ4v) is 2.41. The number of nitrogens with one attached hydrogen (secondary N) is 2. The van der Waals surface area contributed by atoms with Gasteiger partial charge in [0.1, 0.15) is 17.3 Å². The second-order valence-electron chi connectivity index (χ2n) is 5.19. The molecule has 1 fully saturated rings. The van der Waals surface area contributed by atoms with Gasteiger partial charge in [0.15, 0.2) is 0 Å². The van der Waals surface area contributed by atoms with Crippen LogP contribution in [0.3, 0.4) is 0 Å². The Bertz CT molecular complexity index is 449. The molecule has 2 rings (SSSR count). The molecule has 1 atom stereocenters. The van der Waals surface area contributed by atoms with Crippen LogP contribution in [0.25, 0.3) is 0 Å². The molecule has 5 nitrogen and oxygen atoms in total. The van der Waals surface area contributed by atoms with Gasteiger partial charge in [0, 0.05) is 6.07 Å². The third-order valence-electron chi connectivity index (χ3n) is 3.27. The standard InChI is InChI=1S/C12H17ClN4O/c1-12(2)4-3-5-14-10(12)11(18)17-9-6-8(13)15-7-16-9/h6-7,10,14H,3-5H2,1-2H3,(H,15,16,17,18). The van der Waals surface area contributed by atoms with E-state index in [-0.39, 0.29) is 17.4 Å². The Morgan fingerprint density at radius 2 is 2.33 bits per heavy atom. The smallest absolute Gasteiger partial charge is 0.243 e. The van der Waals surface area contributed by atoms with E-state index in [4.69, 9.17) is 11.6 Å². The van der Waals surface area contributed by atoms with Crippen molar-refractivity contribution < 1.29 is 4.79 Å². The van der Waals surface area contributed by atoms with Crippen molar-refractivity contribution in [2.75, 3.05) is 11.9 Å². The van der Waals surface area contributed by atoms with Crippen LogP contribution < -0.4 is 10.6 Å². The summed E-state index contributed by atoms with van der Waals surface area (Å²) in [7, 11) is 0. The number of hydrogen-bond donors (Lipinski definition) is 2. The first-order chi connectivity index (χ1) is 8.49. The van der Waals surface area contributed by atoms with Gasteiger partial charge in [-0.1, -0.05) is 25.4 Å². The third kappa shape index (κ3) is 2.97. The summed E-state index contributed by atoms with van der Waals surface area (Å²) in [5, 5.41) is 6.34. The van der Waals surface area contributed by atoms with E-state index in [1.165, 1.54) is 12.4 Å². The van der Waals surface area contributed by atoms with Gasteiger partial charge in [-0.15, -0.1) is 0 Å². The van der Waals surface area contributed by atoms with Crippen molar-refractivity contribution in [3.63, 3.8) is 0 Å². The second-order valence-corrected chi connectivity index (χ2v) is 5.58. The van der Waals surface area contributed by atoms with E-state index in [9.17, 15) is 4.79 Å². The van der Waals surface area contributed by atoms with Crippen LogP contribution in [0.4, 0.5) is 5.82 Å². The summed E-state index contributed by atoms with van der Waals surface area (Å²) >= 11 is 5.75. The quantitative estimate of drug-likeness (QED) is 0.804. The fourth-order valence-electron chi connectivity index (χ4n) is 2.26. The zero-order valence-corrected chi connectivity index (χ0v) is 11.3. The minimum absolute atomic E-state index is 0.0564. The minimum atomic E-state index is -0.208. The van der Waals surface area contributed by atoms with Gasteiger partial charge in [0.2, 0.25) is 5.91 Å². The Morgan fingerprint density at radius 1 is 1.56 bits per heavy atom. The van der Waals surface area contributed by atoms with E-state index in [1.54, 1.807) is 0 Å². The van der Waals surface area contributed by atoms with Crippen LogP contribution in [0.2, 0.25) is 5.15 Å². The number of halogens is 1. The average Bonchev–Trinajstić information content (AvgIpc) is 2.28. The summed E-state index contributed by atoms with van der Waals surface area (Å²) < 4.78 is 0. The molecule has 1 aromatic heterocycles. The van der Waals surface area contributed by atoms with Gasteiger partial charge >= 0.3 is 0 Å². The molecular weight excluding hydrogens is 252 g/mol. The zero-order chi connectivity index (χ0) is 13.2. The van der Waals surface area contributed by atoms with Crippen molar-refractivity contribution in [1.29, 1.82) is 0 Å². The summed E-state index contributed by atoms with van der Waals surface area (Å²) in [5.74, 6) is 0.359. The predicted molar refractivity (Wildman–Crippen MR) is 70.5 cm³/mol. The average molecular weight is 269 g/mol. The number of aromatic nitrogens is 2. The number of carbonyl (C=O) groups is 1. The summed E-state index contributed by atoms with van der Waals surface area (Å²) in [5.41, 5.74) is -0.0564. The number of piperidine rings is 1. The first-order valence-corrected chi connectivity index (χ1v) is 6.39. The Morgan fingerprint density at radius 3 is 3.00 bits per heavy atom. The maximum absolute atomic E-state index is 12.2. The topological polar surface area (TPSA) is 66.9 Å². The van der Waals surface area contributed by atoms with Crippen LogP contribution in [0.5, 0.6) is 0 Å². The zero-order valence-electron chi connectivity index (χ0n) is 10.5. The van der Waals surface area contributed by atoms with Crippen LogP contribution in [-0.4, -0.2) is 28.5 Å². The van der Waals surface area contributed by atoms with Crippen molar-refractivity contribution in [3.8, 4) is 0 Å². The number of anilines is 1. The van der Waals surface area contributed by atoms with Gasteiger partial charge in [-0.25, -0.2) is 9.97 Å². The van der Waals surface area contributed by atoms with Crippen LogP contribution in [0.1, 0.15) is 26.7 Å². The van der Waals surface area contributed by atoms with Gasteiger partial charge in [-0.2, -0.15) is 0 Å². The Kier molecular flexibility index (Phi) is 3.82. The molecule has 1 unspecified atom stereocenters. The number of carbonyl (C=O) groups excluding carboxylic acids is 1. The van der Waals surface area contributed by atoms with Crippen molar-refractivity contribution >= 4 is 23.3 Å².